The molecule has 0 spiro atoms. The summed E-state index contributed by atoms with van der Waals surface area (Å²) in [6, 6.07) is 4.32. The molecule has 0 saturated heterocycles. The zero-order valence-corrected chi connectivity index (χ0v) is 7.86. The van der Waals surface area contributed by atoms with Crippen molar-refractivity contribution < 1.29 is 0 Å². The molecule has 12 heavy (non-hydrogen) atoms. The first-order valence-corrected chi connectivity index (χ1v) is 5.18. The van der Waals surface area contributed by atoms with Gasteiger partial charge >= 0.3 is 0 Å². The SMILES string of the molecule is C=CC1=C(c2cccs2)CCC1. The molecule has 0 bridgehead atoms. The third-order valence-corrected chi connectivity index (χ3v) is 3.26. The van der Waals surface area contributed by atoms with Crippen molar-refractivity contribution in [3.63, 3.8) is 0 Å². The minimum absolute atomic E-state index is 1.22. The molecular formula is C11H12S. The van der Waals surface area contributed by atoms with Crippen molar-refractivity contribution in [2.75, 3.05) is 0 Å². The molecule has 0 atom stereocenters. The van der Waals surface area contributed by atoms with E-state index in [1.807, 2.05) is 17.4 Å². The molecule has 0 radical (unpaired) electrons. The van der Waals surface area contributed by atoms with E-state index < -0.39 is 0 Å². The second-order valence-electron chi connectivity index (χ2n) is 3.04. The molecule has 0 aliphatic heterocycles. The first-order chi connectivity index (χ1) is 5.92. The van der Waals surface area contributed by atoms with Crippen LogP contribution in [0.3, 0.4) is 0 Å². The molecule has 0 unspecified atom stereocenters. The Bertz CT molecular complexity index is 304. The van der Waals surface area contributed by atoms with E-state index in [9.17, 15) is 0 Å². The van der Waals surface area contributed by atoms with Crippen molar-refractivity contribution in [3.8, 4) is 0 Å². The van der Waals surface area contributed by atoms with Gasteiger partial charge in [0.25, 0.3) is 0 Å². The van der Waals surface area contributed by atoms with Gasteiger partial charge in [-0.3, -0.25) is 0 Å². The molecule has 1 heteroatoms. The predicted octanol–water partition coefficient (Wildman–Crippen LogP) is 3.87. The largest absolute Gasteiger partial charge is 0.144 e. The summed E-state index contributed by atoms with van der Waals surface area (Å²) in [5, 5.41) is 2.14. The average Bonchev–Trinajstić information content (AvgIpc) is 2.74. The van der Waals surface area contributed by atoms with Crippen molar-refractivity contribution in [3.05, 3.63) is 40.6 Å². The second-order valence-corrected chi connectivity index (χ2v) is 3.99. The lowest BCUT2D eigenvalue weighted by molar-refractivity contribution is 0.921. The fraction of sp³-hybridized carbons (Fsp3) is 0.273. The van der Waals surface area contributed by atoms with E-state index in [1.54, 1.807) is 0 Å². The van der Waals surface area contributed by atoms with Crippen LogP contribution >= 0.6 is 11.3 Å². The molecule has 0 N–H and O–H groups in total. The third-order valence-electron chi connectivity index (χ3n) is 2.33. The number of allylic oxidation sites excluding steroid dienone is 3. The number of thiophene rings is 1. The summed E-state index contributed by atoms with van der Waals surface area (Å²) in [7, 11) is 0. The van der Waals surface area contributed by atoms with Gasteiger partial charge < -0.3 is 0 Å². The summed E-state index contributed by atoms with van der Waals surface area (Å²) in [6.07, 6.45) is 5.77. The minimum Gasteiger partial charge on any atom is -0.144 e. The molecule has 1 aromatic heterocycles. The van der Waals surface area contributed by atoms with Crippen LogP contribution < -0.4 is 0 Å². The Morgan fingerprint density at radius 1 is 1.42 bits per heavy atom. The van der Waals surface area contributed by atoms with Gasteiger partial charge in [-0.1, -0.05) is 18.7 Å². The van der Waals surface area contributed by atoms with Crippen molar-refractivity contribution in [2.45, 2.75) is 19.3 Å². The normalized spacial score (nSPS) is 17.0. The molecule has 0 aromatic carbocycles. The van der Waals surface area contributed by atoms with Crippen molar-refractivity contribution in [1.29, 1.82) is 0 Å². The maximum atomic E-state index is 3.85. The Hall–Kier alpha value is -0.820. The Kier molecular flexibility index (Phi) is 2.13. The molecule has 62 valence electrons. The van der Waals surface area contributed by atoms with Crippen molar-refractivity contribution in [2.24, 2.45) is 0 Å². The first-order valence-electron chi connectivity index (χ1n) is 4.30. The second kappa shape index (κ2) is 3.28. The van der Waals surface area contributed by atoms with E-state index >= 15 is 0 Å². The van der Waals surface area contributed by atoms with Crippen LogP contribution in [-0.2, 0) is 0 Å². The highest BCUT2D eigenvalue weighted by atomic mass is 32.1. The summed E-state index contributed by atoms with van der Waals surface area (Å²) in [4.78, 5) is 1.43. The molecule has 0 fully saturated rings. The van der Waals surface area contributed by atoms with Gasteiger partial charge in [-0.25, -0.2) is 0 Å². The standard InChI is InChI=1S/C11H12S/c1-2-9-5-3-6-10(9)11-7-4-8-12-11/h2,4,7-8H,1,3,5-6H2. The van der Waals surface area contributed by atoms with Crippen LogP contribution in [0.25, 0.3) is 5.57 Å². The number of rotatable bonds is 2. The third kappa shape index (κ3) is 1.25. The summed E-state index contributed by atoms with van der Waals surface area (Å²) >= 11 is 1.83. The fourth-order valence-electron chi connectivity index (χ4n) is 1.72. The van der Waals surface area contributed by atoms with Crippen LogP contribution in [0.15, 0.2) is 35.7 Å². The zero-order valence-electron chi connectivity index (χ0n) is 7.05. The molecule has 2 rings (SSSR count). The lowest BCUT2D eigenvalue weighted by atomic mass is 10.1. The van der Waals surface area contributed by atoms with E-state index in [0.717, 1.165) is 0 Å². The van der Waals surface area contributed by atoms with Crippen molar-refractivity contribution in [1.82, 2.24) is 0 Å². The lowest BCUT2D eigenvalue weighted by Gasteiger charge is -1.98. The predicted molar refractivity (Wildman–Crippen MR) is 55.3 cm³/mol. The molecule has 0 nitrogen and oxygen atoms in total. The van der Waals surface area contributed by atoms with Gasteiger partial charge in [0.1, 0.15) is 0 Å². The average molecular weight is 176 g/mol. The summed E-state index contributed by atoms with van der Waals surface area (Å²) < 4.78 is 0. The van der Waals surface area contributed by atoms with Gasteiger partial charge in [0.05, 0.1) is 0 Å². The van der Waals surface area contributed by atoms with Gasteiger partial charge in [-0.2, -0.15) is 0 Å². The van der Waals surface area contributed by atoms with E-state index in [0.29, 0.717) is 0 Å². The highest BCUT2D eigenvalue weighted by molar-refractivity contribution is 7.11. The Morgan fingerprint density at radius 3 is 3.00 bits per heavy atom. The van der Waals surface area contributed by atoms with E-state index in [1.165, 1.54) is 35.3 Å². The molecule has 1 aromatic rings. The van der Waals surface area contributed by atoms with E-state index in [4.69, 9.17) is 0 Å². The molecule has 1 aliphatic carbocycles. The first kappa shape index (κ1) is 7.81. The molecule has 0 amide bonds. The Morgan fingerprint density at radius 2 is 2.33 bits per heavy atom. The summed E-state index contributed by atoms with van der Waals surface area (Å²) in [5.41, 5.74) is 2.98. The van der Waals surface area contributed by atoms with E-state index in [-0.39, 0.29) is 0 Å². The monoisotopic (exact) mass is 176 g/mol. The minimum atomic E-state index is 1.22. The summed E-state index contributed by atoms with van der Waals surface area (Å²) in [6.45, 7) is 3.85. The molecule has 1 heterocycles. The van der Waals surface area contributed by atoms with E-state index in [2.05, 4.69) is 24.1 Å². The van der Waals surface area contributed by atoms with Crippen molar-refractivity contribution >= 4 is 16.9 Å². The Labute approximate surface area is 77.2 Å². The number of hydrogen-bond donors (Lipinski definition) is 0. The van der Waals surface area contributed by atoms with Crippen LogP contribution in [0, 0.1) is 0 Å². The fourth-order valence-corrected chi connectivity index (χ4v) is 2.56. The highest BCUT2D eigenvalue weighted by Crippen LogP contribution is 2.36. The molecule has 1 aliphatic rings. The molecular weight excluding hydrogens is 164 g/mol. The van der Waals surface area contributed by atoms with Gasteiger partial charge in [-0.05, 0) is 41.9 Å². The summed E-state index contributed by atoms with van der Waals surface area (Å²) in [5.74, 6) is 0. The lowest BCUT2D eigenvalue weighted by Crippen LogP contribution is -1.76. The quantitative estimate of drug-likeness (QED) is 0.641. The van der Waals surface area contributed by atoms with Gasteiger partial charge in [0.15, 0.2) is 0 Å². The van der Waals surface area contributed by atoms with Crippen LogP contribution in [0.2, 0.25) is 0 Å². The van der Waals surface area contributed by atoms with Crippen LogP contribution in [0.1, 0.15) is 24.1 Å². The smallest absolute Gasteiger partial charge is 0.0305 e. The van der Waals surface area contributed by atoms with Gasteiger partial charge in [0, 0.05) is 4.88 Å². The van der Waals surface area contributed by atoms with Gasteiger partial charge in [0.2, 0.25) is 0 Å². The van der Waals surface area contributed by atoms with Crippen LogP contribution in [-0.4, -0.2) is 0 Å². The number of hydrogen-bond acceptors (Lipinski definition) is 1. The highest BCUT2D eigenvalue weighted by Gasteiger charge is 2.13. The molecule has 0 saturated carbocycles. The zero-order chi connectivity index (χ0) is 8.39. The maximum absolute atomic E-state index is 3.85. The van der Waals surface area contributed by atoms with Crippen LogP contribution in [0.4, 0.5) is 0 Å². The topological polar surface area (TPSA) is 0 Å². The van der Waals surface area contributed by atoms with Crippen LogP contribution in [0.5, 0.6) is 0 Å². The maximum Gasteiger partial charge on any atom is 0.0305 e. The van der Waals surface area contributed by atoms with Gasteiger partial charge in [-0.15, -0.1) is 11.3 Å². The Balaban J connectivity index is 2.39.